The van der Waals surface area contributed by atoms with Gasteiger partial charge in [-0.15, -0.1) is 24.0 Å². The maximum Gasteiger partial charge on any atom is 0.116 e. The Hall–Kier alpha value is -1.69. The highest BCUT2D eigenvalue weighted by Crippen LogP contribution is 2.44. The number of benzene rings is 1. The molecule has 0 aromatic heterocycles. The molecule has 1 aromatic carbocycles. The van der Waals surface area contributed by atoms with E-state index in [1.807, 2.05) is 19.2 Å². The molecule has 0 saturated heterocycles. The molecule has 3 aliphatic rings. The largest absolute Gasteiger partial charge is 0.508 e. The van der Waals surface area contributed by atoms with E-state index in [0.717, 1.165) is 11.3 Å². The summed E-state index contributed by atoms with van der Waals surface area (Å²) in [5.41, 5.74) is 5.90. The van der Waals surface area contributed by atoms with Gasteiger partial charge in [0, 0.05) is 30.7 Å². The van der Waals surface area contributed by atoms with Crippen molar-refractivity contribution in [1.82, 2.24) is 4.90 Å². The molecular weight excluding hydrogens is 363 g/mol. The number of anilines is 1. The van der Waals surface area contributed by atoms with Crippen LogP contribution in [0.3, 0.4) is 0 Å². The van der Waals surface area contributed by atoms with Crippen LogP contribution in [0.1, 0.15) is 5.56 Å². The Morgan fingerprint density at radius 2 is 2.10 bits per heavy atom. The first kappa shape index (κ1) is 13.3. The number of nitrogens with one attached hydrogen (secondary N) is 1. The van der Waals surface area contributed by atoms with Gasteiger partial charge in [-0.1, -0.05) is 12.2 Å². The molecule has 2 aliphatic heterocycles. The third-order valence-corrected chi connectivity index (χ3v) is 3.80. The van der Waals surface area contributed by atoms with E-state index in [2.05, 4.69) is 40.8 Å². The second-order valence-corrected chi connectivity index (χ2v) is 5.10. The average molecular weight is 378 g/mol. The number of hydrogen-bond donors (Lipinski definition) is 2. The second-order valence-electron chi connectivity index (χ2n) is 5.10. The summed E-state index contributed by atoms with van der Waals surface area (Å²) in [6.07, 6.45) is 10.7. The Morgan fingerprint density at radius 1 is 1.25 bits per heavy atom. The van der Waals surface area contributed by atoms with Crippen LogP contribution in [0.4, 0.5) is 5.69 Å². The molecule has 0 radical (unpaired) electrons. The van der Waals surface area contributed by atoms with Crippen LogP contribution in [-0.2, 0) is 0 Å². The molecule has 1 aliphatic carbocycles. The van der Waals surface area contributed by atoms with E-state index in [4.69, 9.17) is 0 Å². The summed E-state index contributed by atoms with van der Waals surface area (Å²) in [4.78, 5) is 2.05. The van der Waals surface area contributed by atoms with Crippen molar-refractivity contribution in [2.75, 3.05) is 12.4 Å². The highest BCUT2D eigenvalue weighted by Gasteiger charge is 2.30. The molecular formula is C16H15IN2O. The van der Waals surface area contributed by atoms with Crippen molar-refractivity contribution in [2.45, 2.75) is 6.04 Å². The van der Waals surface area contributed by atoms with Crippen LogP contribution in [0.5, 0.6) is 5.75 Å². The van der Waals surface area contributed by atoms with E-state index in [9.17, 15) is 5.11 Å². The highest BCUT2D eigenvalue weighted by molar-refractivity contribution is 14.0. The van der Waals surface area contributed by atoms with Crippen LogP contribution in [0.2, 0.25) is 0 Å². The van der Waals surface area contributed by atoms with Gasteiger partial charge in [-0.25, -0.2) is 0 Å². The summed E-state index contributed by atoms with van der Waals surface area (Å²) in [5.74, 6) is 0.311. The molecule has 1 atom stereocenters. The Kier molecular flexibility index (Phi) is 3.12. The summed E-state index contributed by atoms with van der Waals surface area (Å²) < 4.78 is 0. The smallest absolute Gasteiger partial charge is 0.116 e. The fourth-order valence-corrected chi connectivity index (χ4v) is 2.94. The molecule has 0 amide bonds. The first-order valence-corrected chi connectivity index (χ1v) is 6.37. The standard InChI is InChI=1S/C16H14N2O.HI/c1-18-7-6-12-10(9-18)2-4-15-16(12)13-8-11(19)3-5-14(13)17-15;/h2-9,15,17,19H,1H3;1H. The zero-order valence-corrected chi connectivity index (χ0v) is 13.3. The van der Waals surface area contributed by atoms with Gasteiger partial charge in [0.15, 0.2) is 0 Å². The van der Waals surface area contributed by atoms with Crippen molar-refractivity contribution in [2.24, 2.45) is 0 Å². The number of nitrogens with zero attached hydrogens (tertiary/aromatic N) is 1. The van der Waals surface area contributed by atoms with E-state index in [0.29, 0.717) is 5.75 Å². The van der Waals surface area contributed by atoms with Gasteiger partial charge in [0.2, 0.25) is 0 Å². The van der Waals surface area contributed by atoms with Crippen LogP contribution in [0.15, 0.2) is 60.0 Å². The summed E-state index contributed by atoms with van der Waals surface area (Å²) in [6.45, 7) is 0. The monoisotopic (exact) mass is 378 g/mol. The van der Waals surface area contributed by atoms with E-state index in [-0.39, 0.29) is 30.0 Å². The lowest BCUT2D eigenvalue weighted by Crippen LogP contribution is -2.18. The molecule has 102 valence electrons. The van der Waals surface area contributed by atoms with Gasteiger partial charge < -0.3 is 15.3 Å². The number of phenols is 1. The predicted molar refractivity (Wildman–Crippen MR) is 92.0 cm³/mol. The molecule has 0 bridgehead atoms. The van der Waals surface area contributed by atoms with Crippen molar-refractivity contribution < 1.29 is 5.11 Å². The zero-order valence-electron chi connectivity index (χ0n) is 11.0. The molecule has 0 saturated carbocycles. The zero-order chi connectivity index (χ0) is 13.0. The lowest BCUT2D eigenvalue weighted by Gasteiger charge is -2.24. The number of allylic oxidation sites excluding steroid dienone is 4. The van der Waals surface area contributed by atoms with Crippen LogP contribution < -0.4 is 5.32 Å². The van der Waals surface area contributed by atoms with E-state index in [1.165, 1.54) is 16.7 Å². The highest BCUT2D eigenvalue weighted by atomic mass is 127. The summed E-state index contributed by atoms with van der Waals surface area (Å²) in [6, 6.07) is 5.70. The van der Waals surface area contributed by atoms with Gasteiger partial charge in [-0.3, -0.25) is 0 Å². The molecule has 1 aromatic rings. The second kappa shape index (κ2) is 4.70. The number of aromatic hydroxyl groups is 1. The minimum atomic E-state index is 0. The SMILES string of the molecule is CN1C=CC2=C3c4cc(O)ccc4NC3C=CC2=C1.I. The van der Waals surface area contributed by atoms with Crippen molar-refractivity contribution in [3.8, 4) is 5.75 Å². The van der Waals surface area contributed by atoms with Gasteiger partial charge in [0.25, 0.3) is 0 Å². The fraction of sp³-hybridized carbons (Fsp3) is 0.125. The minimum Gasteiger partial charge on any atom is -0.508 e. The number of hydrogen-bond acceptors (Lipinski definition) is 3. The van der Waals surface area contributed by atoms with Gasteiger partial charge in [0.05, 0.1) is 6.04 Å². The Bertz CT molecular complexity index is 700. The molecule has 2 heterocycles. The molecule has 0 spiro atoms. The fourth-order valence-electron chi connectivity index (χ4n) is 2.94. The third kappa shape index (κ3) is 1.86. The molecule has 1 unspecified atom stereocenters. The van der Waals surface area contributed by atoms with Crippen molar-refractivity contribution in [3.05, 3.63) is 65.5 Å². The van der Waals surface area contributed by atoms with Gasteiger partial charge in [0.1, 0.15) is 5.75 Å². The lowest BCUT2D eigenvalue weighted by molar-refractivity contribution is 0.475. The van der Waals surface area contributed by atoms with Crippen molar-refractivity contribution in [1.29, 1.82) is 0 Å². The minimum absolute atomic E-state index is 0. The van der Waals surface area contributed by atoms with Crippen LogP contribution in [-0.4, -0.2) is 23.1 Å². The molecule has 4 heteroatoms. The first-order chi connectivity index (χ1) is 9.22. The molecule has 2 N–H and O–H groups in total. The summed E-state index contributed by atoms with van der Waals surface area (Å²) in [5, 5.41) is 13.2. The predicted octanol–water partition coefficient (Wildman–Crippen LogP) is 3.47. The Morgan fingerprint density at radius 3 is 2.95 bits per heavy atom. The Labute approximate surface area is 135 Å². The van der Waals surface area contributed by atoms with E-state index in [1.54, 1.807) is 6.07 Å². The normalized spacial score (nSPS) is 21.6. The van der Waals surface area contributed by atoms with E-state index < -0.39 is 0 Å². The van der Waals surface area contributed by atoms with Crippen molar-refractivity contribution >= 4 is 35.2 Å². The van der Waals surface area contributed by atoms with Crippen molar-refractivity contribution in [3.63, 3.8) is 0 Å². The first-order valence-electron chi connectivity index (χ1n) is 6.37. The summed E-state index contributed by atoms with van der Waals surface area (Å²) in [7, 11) is 2.03. The Balaban J connectivity index is 0.00000121. The van der Waals surface area contributed by atoms with Crippen LogP contribution in [0, 0.1) is 0 Å². The van der Waals surface area contributed by atoms with E-state index >= 15 is 0 Å². The average Bonchev–Trinajstić information content (AvgIpc) is 2.76. The molecule has 3 nitrogen and oxygen atoms in total. The maximum atomic E-state index is 9.72. The molecule has 20 heavy (non-hydrogen) atoms. The van der Waals surface area contributed by atoms with Gasteiger partial charge in [-0.2, -0.15) is 0 Å². The van der Waals surface area contributed by atoms with Gasteiger partial charge in [-0.05, 0) is 41.0 Å². The summed E-state index contributed by atoms with van der Waals surface area (Å²) >= 11 is 0. The molecule has 4 rings (SSSR count). The molecule has 0 fully saturated rings. The topological polar surface area (TPSA) is 35.5 Å². The maximum absolute atomic E-state index is 9.72. The number of rotatable bonds is 0. The van der Waals surface area contributed by atoms with Crippen LogP contribution in [0.25, 0.3) is 5.57 Å². The number of fused-ring (bicyclic) bond motifs is 4. The van der Waals surface area contributed by atoms with Gasteiger partial charge >= 0.3 is 0 Å². The van der Waals surface area contributed by atoms with Crippen LogP contribution >= 0.6 is 24.0 Å². The number of halogens is 1. The quantitative estimate of drug-likeness (QED) is 0.536. The number of phenolic OH excluding ortho intramolecular Hbond substituents is 1. The lowest BCUT2D eigenvalue weighted by atomic mass is 9.86. The third-order valence-electron chi connectivity index (χ3n) is 3.80.